The fraction of sp³-hybridized carbons (Fsp3) is 0.333. The van der Waals surface area contributed by atoms with Gasteiger partial charge in [-0.1, -0.05) is 18.7 Å². The molecule has 0 heterocycles. The lowest BCUT2D eigenvalue weighted by Crippen LogP contribution is -1.96. The number of hydrogen-bond acceptors (Lipinski definition) is 3. The molecular formula is C9H14O3. The smallest absolute Gasteiger partial charge is 0.322 e. The minimum absolute atomic E-state index is 0.343. The Bertz CT molecular complexity index is 186. The predicted molar refractivity (Wildman–Crippen MR) is 47.4 cm³/mol. The molecule has 0 aliphatic heterocycles. The van der Waals surface area contributed by atoms with E-state index in [9.17, 15) is 0 Å². The highest BCUT2D eigenvalue weighted by Gasteiger charge is 2.02. The first-order valence-electron chi connectivity index (χ1n) is 3.45. The molecule has 0 N–H and O–H groups in total. The van der Waals surface area contributed by atoms with Crippen LogP contribution in [0.5, 0.6) is 0 Å². The molecule has 3 nitrogen and oxygen atoms in total. The third kappa shape index (κ3) is 3.14. The molecule has 0 saturated carbocycles. The Labute approximate surface area is 72.9 Å². The second kappa shape index (κ2) is 6.34. The summed E-state index contributed by atoms with van der Waals surface area (Å²) < 4.78 is 14.8. The number of rotatable bonds is 5. The van der Waals surface area contributed by atoms with Gasteiger partial charge in [0.2, 0.25) is 0 Å². The van der Waals surface area contributed by atoms with E-state index in [-0.39, 0.29) is 0 Å². The number of methoxy groups -OCH3 is 3. The van der Waals surface area contributed by atoms with E-state index in [1.54, 1.807) is 25.3 Å². The normalized spacial score (nSPS) is 9.25. The van der Waals surface area contributed by atoms with Crippen LogP contribution in [0.15, 0.2) is 36.5 Å². The van der Waals surface area contributed by atoms with Gasteiger partial charge in [0.1, 0.15) is 0 Å². The molecule has 68 valence electrons. The van der Waals surface area contributed by atoms with E-state index in [1.165, 1.54) is 14.2 Å². The zero-order chi connectivity index (χ0) is 9.40. The van der Waals surface area contributed by atoms with Gasteiger partial charge in [-0.3, -0.25) is 0 Å². The topological polar surface area (TPSA) is 27.7 Å². The van der Waals surface area contributed by atoms with Crippen LogP contribution in [0.4, 0.5) is 0 Å². The molecule has 0 rings (SSSR count). The van der Waals surface area contributed by atoms with Gasteiger partial charge >= 0.3 is 5.95 Å². The number of allylic oxidation sites excluding steroid dienone is 3. The highest BCUT2D eigenvalue weighted by atomic mass is 16.7. The molecule has 0 saturated heterocycles. The van der Waals surface area contributed by atoms with Crippen molar-refractivity contribution >= 4 is 0 Å². The summed E-state index contributed by atoms with van der Waals surface area (Å²) in [6, 6.07) is 0. The zero-order valence-electron chi connectivity index (χ0n) is 7.66. The minimum Gasteiger partial charge on any atom is -0.490 e. The van der Waals surface area contributed by atoms with Crippen LogP contribution in [-0.2, 0) is 14.2 Å². The number of ether oxygens (including phenoxy) is 3. The molecule has 0 aromatic heterocycles. The summed E-state index contributed by atoms with van der Waals surface area (Å²) in [5.74, 6) is 0.871. The monoisotopic (exact) mass is 170 g/mol. The molecule has 0 bridgehead atoms. The van der Waals surface area contributed by atoms with Gasteiger partial charge in [-0.15, -0.1) is 0 Å². The highest BCUT2D eigenvalue weighted by molar-refractivity contribution is 5.16. The lowest BCUT2D eigenvalue weighted by molar-refractivity contribution is 0.0725. The summed E-state index contributed by atoms with van der Waals surface area (Å²) in [5, 5.41) is 0. The van der Waals surface area contributed by atoms with E-state index in [4.69, 9.17) is 14.2 Å². The van der Waals surface area contributed by atoms with Crippen LogP contribution in [0, 0.1) is 0 Å². The second-order valence-corrected chi connectivity index (χ2v) is 1.86. The minimum atomic E-state index is 0.343. The molecule has 0 unspecified atom stereocenters. The van der Waals surface area contributed by atoms with E-state index >= 15 is 0 Å². The van der Waals surface area contributed by atoms with Crippen LogP contribution in [-0.4, -0.2) is 21.3 Å². The summed E-state index contributed by atoms with van der Waals surface area (Å²) in [6.45, 7) is 3.53. The molecule has 12 heavy (non-hydrogen) atoms. The molecule has 0 radical (unpaired) electrons. The van der Waals surface area contributed by atoms with Crippen molar-refractivity contribution in [3.05, 3.63) is 36.5 Å². The van der Waals surface area contributed by atoms with Crippen LogP contribution in [0.1, 0.15) is 0 Å². The van der Waals surface area contributed by atoms with Crippen molar-refractivity contribution in [1.82, 2.24) is 0 Å². The Kier molecular flexibility index (Phi) is 5.61. The van der Waals surface area contributed by atoms with E-state index in [0.29, 0.717) is 11.7 Å². The van der Waals surface area contributed by atoms with Gasteiger partial charge < -0.3 is 14.2 Å². The van der Waals surface area contributed by atoms with E-state index in [1.807, 2.05) is 0 Å². The molecular weight excluding hydrogens is 156 g/mol. The Morgan fingerprint density at radius 2 is 1.67 bits per heavy atom. The van der Waals surface area contributed by atoms with Crippen molar-refractivity contribution < 1.29 is 14.2 Å². The summed E-state index contributed by atoms with van der Waals surface area (Å²) in [4.78, 5) is 0. The van der Waals surface area contributed by atoms with E-state index in [0.717, 1.165) is 0 Å². The van der Waals surface area contributed by atoms with Crippen molar-refractivity contribution in [3.63, 3.8) is 0 Å². The van der Waals surface area contributed by atoms with Crippen molar-refractivity contribution in [1.29, 1.82) is 0 Å². The Hall–Kier alpha value is -1.38. The molecule has 0 spiro atoms. The third-order valence-electron chi connectivity index (χ3n) is 1.18. The van der Waals surface area contributed by atoms with Gasteiger partial charge in [-0.2, -0.15) is 0 Å². The average Bonchev–Trinajstić information content (AvgIpc) is 2.12. The van der Waals surface area contributed by atoms with E-state index < -0.39 is 0 Å². The van der Waals surface area contributed by atoms with Crippen molar-refractivity contribution in [2.45, 2.75) is 0 Å². The third-order valence-corrected chi connectivity index (χ3v) is 1.18. The fourth-order valence-corrected chi connectivity index (χ4v) is 0.659. The SMILES string of the molecule is C=C/C=C\C(OC)=C(OC)OC. The molecule has 0 fully saturated rings. The maximum Gasteiger partial charge on any atom is 0.322 e. The first kappa shape index (κ1) is 10.6. The van der Waals surface area contributed by atoms with Crippen LogP contribution in [0.25, 0.3) is 0 Å². The lowest BCUT2D eigenvalue weighted by atomic mass is 10.4. The van der Waals surface area contributed by atoms with Gasteiger partial charge in [-0.25, -0.2) is 0 Å². The van der Waals surface area contributed by atoms with Crippen LogP contribution >= 0.6 is 0 Å². The van der Waals surface area contributed by atoms with Gasteiger partial charge in [-0.05, 0) is 6.08 Å². The van der Waals surface area contributed by atoms with Crippen LogP contribution in [0.2, 0.25) is 0 Å². The van der Waals surface area contributed by atoms with Gasteiger partial charge in [0.25, 0.3) is 0 Å². The fourth-order valence-electron chi connectivity index (χ4n) is 0.659. The quantitative estimate of drug-likeness (QED) is 0.465. The molecule has 0 amide bonds. The molecule has 0 aromatic rings. The maximum absolute atomic E-state index is 4.99. The second-order valence-electron chi connectivity index (χ2n) is 1.86. The first-order chi connectivity index (χ1) is 5.79. The Morgan fingerprint density at radius 3 is 2.00 bits per heavy atom. The maximum atomic E-state index is 4.99. The summed E-state index contributed by atoms with van der Waals surface area (Å²) >= 11 is 0. The first-order valence-corrected chi connectivity index (χ1v) is 3.45. The van der Waals surface area contributed by atoms with Gasteiger partial charge in [0.15, 0.2) is 5.76 Å². The zero-order valence-corrected chi connectivity index (χ0v) is 7.66. The highest BCUT2D eigenvalue weighted by Crippen LogP contribution is 2.08. The Morgan fingerprint density at radius 1 is 1.08 bits per heavy atom. The average molecular weight is 170 g/mol. The molecule has 0 atom stereocenters. The largest absolute Gasteiger partial charge is 0.490 e. The molecule has 0 aliphatic rings. The summed E-state index contributed by atoms with van der Waals surface area (Å²) in [5.41, 5.74) is 0. The van der Waals surface area contributed by atoms with Gasteiger partial charge in [0, 0.05) is 0 Å². The summed E-state index contributed by atoms with van der Waals surface area (Å²) in [7, 11) is 4.57. The lowest BCUT2D eigenvalue weighted by Gasteiger charge is -2.07. The van der Waals surface area contributed by atoms with Crippen LogP contribution < -0.4 is 0 Å². The van der Waals surface area contributed by atoms with Crippen molar-refractivity contribution in [2.24, 2.45) is 0 Å². The predicted octanol–water partition coefficient (Wildman–Crippen LogP) is 1.84. The molecule has 0 aliphatic carbocycles. The van der Waals surface area contributed by atoms with Gasteiger partial charge in [0.05, 0.1) is 21.3 Å². The Balaban J connectivity index is 4.56. The number of hydrogen-bond donors (Lipinski definition) is 0. The molecule has 0 aromatic carbocycles. The van der Waals surface area contributed by atoms with Crippen LogP contribution in [0.3, 0.4) is 0 Å². The standard InChI is InChI=1S/C9H14O3/c1-5-6-7-8(10-2)9(11-3)12-4/h5-7H,1H2,2-4H3/b7-6-. The summed E-state index contributed by atoms with van der Waals surface area (Å²) in [6.07, 6.45) is 5.08. The van der Waals surface area contributed by atoms with Crippen molar-refractivity contribution in [2.75, 3.05) is 21.3 Å². The van der Waals surface area contributed by atoms with Crippen molar-refractivity contribution in [3.8, 4) is 0 Å². The molecule has 3 heteroatoms. The van der Waals surface area contributed by atoms with E-state index in [2.05, 4.69) is 6.58 Å².